The van der Waals surface area contributed by atoms with Crippen molar-refractivity contribution in [3.8, 4) is 17.2 Å². The van der Waals surface area contributed by atoms with Gasteiger partial charge in [-0.15, -0.1) is 0 Å². The Kier molecular flexibility index (Phi) is 4.94. The van der Waals surface area contributed by atoms with Crippen LogP contribution in [0.3, 0.4) is 0 Å². The van der Waals surface area contributed by atoms with E-state index in [0.29, 0.717) is 49.6 Å². The second-order valence-electron chi connectivity index (χ2n) is 6.01. The molecule has 1 aromatic heterocycles. The minimum absolute atomic E-state index is 0.267. The average Bonchev–Trinajstić information content (AvgIpc) is 3.12. The molecular formula is C21H14Cl2N2O3. The lowest BCUT2D eigenvalue weighted by Crippen LogP contribution is -2.11. The smallest absolute Gasteiger partial charge is 0.255 e. The molecule has 4 rings (SSSR count). The number of rotatable bonds is 4. The summed E-state index contributed by atoms with van der Waals surface area (Å²) in [5, 5.41) is 3.87. The fraction of sp³-hybridized carbons (Fsp3) is 0.0476. The predicted octanol–water partition coefficient (Wildman–Crippen LogP) is 6.06. The fourth-order valence-corrected chi connectivity index (χ4v) is 3.12. The first-order chi connectivity index (χ1) is 13.5. The van der Waals surface area contributed by atoms with Crippen molar-refractivity contribution < 1.29 is 13.9 Å². The Labute approximate surface area is 170 Å². The Bertz CT molecular complexity index is 1190. The maximum atomic E-state index is 12.5. The standard InChI is InChI=1S/C21H14Cl2N2O3/c1-27-15-4-2-3-12(9-15)20(26)24-14-6-7-17(23)16(11-14)21-25-18-10-13(22)5-8-19(18)28-21/h2-11H,1H3,(H,24,26). The second kappa shape index (κ2) is 7.54. The molecule has 28 heavy (non-hydrogen) atoms. The number of amides is 1. The zero-order chi connectivity index (χ0) is 19.7. The molecule has 5 nitrogen and oxygen atoms in total. The van der Waals surface area contributed by atoms with Gasteiger partial charge >= 0.3 is 0 Å². The van der Waals surface area contributed by atoms with Crippen molar-refractivity contribution in [1.82, 2.24) is 4.98 Å². The van der Waals surface area contributed by atoms with E-state index < -0.39 is 0 Å². The monoisotopic (exact) mass is 412 g/mol. The number of hydrogen-bond donors (Lipinski definition) is 1. The molecule has 0 fully saturated rings. The van der Waals surface area contributed by atoms with Gasteiger partial charge < -0.3 is 14.5 Å². The third-order valence-electron chi connectivity index (χ3n) is 4.14. The number of hydrogen-bond acceptors (Lipinski definition) is 4. The first-order valence-electron chi connectivity index (χ1n) is 8.35. The van der Waals surface area contributed by atoms with E-state index >= 15 is 0 Å². The normalized spacial score (nSPS) is 10.8. The van der Waals surface area contributed by atoms with Crippen LogP contribution in [0.4, 0.5) is 5.69 Å². The SMILES string of the molecule is COc1cccc(C(=O)Nc2ccc(Cl)c(-c3nc4cc(Cl)ccc4o3)c2)c1. The summed E-state index contributed by atoms with van der Waals surface area (Å²) < 4.78 is 10.9. The molecule has 0 radical (unpaired) electrons. The van der Waals surface area contributed by atoms with Crippen LogP contribution in [0.2, 0.25) is 10.0 Å². The van der Waals surface area contributed by atoms with E-state index in [2.05, 4.69) is 10.3 Å². The van der Waals surface area contributed by atoms with Gasteiger partial charge in [0.15, 0.2) is 5.58 Å². The summed E-state index contributed by atoms with van der Waals surface area (Å²) in [7, 11) is 1.55. The summed E-state index contributed by atoms with van der Waals surface area (Å²) >= 11 is 12.3. The number of oxazole rings is 1. The molecule has 0 atom stereocenters. The highest BCUT2D eigenvalue weighted by Crippen LogP contribution is 2.33. The first-order valence-corrected chi connectivity index (χ1v) is 9.10. The Morgan fingerprint density at radius 2 is 1.93 bits per heavy atom. The first kappa shape index (κ1) is 18.3. The molecule has 0 saturated carbocycles. The molecule has 140 valence electrons. The molecule has 0 saturated heterocycles. The predicted molar refractivity (Wildman–Crippen MR) is 110 cm³/mol. The Morgan fingerprint density at radius 1 is 1.07 bits per heavy atom. The van der Waals surface area contributed by atoms with Gasteiger partial charge in [0, 0.05) is 16.3 Å². The van der Waals surface area contributed by atoms with Crippen LogP contribution in [0.1, 0.15) is 10.4 Å². The summed E-state index contributed by atoms with van der Waals surface area (Å²) in [6.45, 7) is 0. The molecule has 1 heterocycles. The van der Waals surface area contributed by atoms with Crippen LogP contribution in [0.15, 0.2) is 65.1 Å². The van der Waals surface area contributed by atoms with Gasteiger partial charge in [-0.1, -0.05) is 29.3 Å². The number of nitrogens with one attached hydrogen (secondary N) is 1. The minimum Gasteiger partial charge on any atom is -0.497 e. The zero-order valence-electron chi connectivity index (χ0n) is 14.7. The van der Waals surface area contributed by atoms with Gasteiger partial charge in [-0.3, -0.25) is 4.79 Å². The van der Waals surface area contributed by atoms with Gasteiger partial charge in [-0.05, 0) is 54.6 Å². The molecule has 3 aromatic carbocycles. The van der Waals surface area contributed by atoms with Crippen molar-refractivity contribution in [3.63, 3.8) is 0 Å². The molecule has 0 aliphatic carbocycles. The maximum Gasteiger partial charge on any atom is 0.255 e. The Morgan fingerprint density at radius 3 is 2.75 bits per heavy atom. The molecular weight excluding hydrogens is 399 g/mol. The zero-order valence-corrected chi connectivity index (χ0v) is 16.2. The molecule has 4 aromatic rings. The van der Waals surface area contributed by atoms with E-state index in [-0.39, 0.29) is 5.91 Å². The fourth-order valence-electron chi connectivity index (χ4n) is 2.75. The molecule has 0 aliphatic heterocycles. The number of fused-ring (bicyclic) bond motifs is 1. The topological polar surface area (TPSA) is 64.4 Å². The average molecular weight is 413 g/mol. The molecule has 1 amide bonds. The second-order valence-corrected chi connectivity index (χ2v) is 6.86. The Balaban J connectivity index is 1.65. The van der Waals surface area contributed by atoms with Crippen LogP contribution in [0.25, 0.3) is 22.6 Å². The maximum absolute atomic E-state index is 12.5. The summed E-state index contributed by atoms with van der Waals surface area (Å²) in [6.07, 6.45) is 0. The molecule has 0 aliphatic rings. The van der Waals surface area contributed by atoms with Gasteiger partial charge in [0.1, 0.15) is 11.3 Å². The van der Waals surface area contributed by atoms with Crippen LogP contribution < -0.4 is 10.1 Å². The lowest BCUT2D eigenvalue weighted by atomic mass is 10.1. The summed E-state index contributed by atoms with van der Waals surface area (Å²) in [5.41, 5.74) is 2.84. The minimum atomic E-state index is -0.267. The van der Waals surface area contributed by atoms with Crippen LogP contribution in [-0.2, 0) is 0 Å². The summed E-state index contributed by atoms with van der Waals surface area (Å²) in [5.74, 6) is 0.686. The van der Waals surface area contributed by atoms with Gasteiger partial charge in [0.25, 0.3) is 5.91 Å². The summed E-state index contributed by atoms with van der Waals surface area (Å²) in [4.78, 5) is 17.0. The van der Waals surface area contributed by atoms with E-state index in [9.17, 15) is 4.79 Å². The van der Waals surface area contributed by atoms with E-state index in [4.69, 9.17) is 32.4 Å². The van der Waals surface area contributed by atoms with Crippen LogP contribution in [0.5, 0.6) is 5.75 Å². The number of carbonyl (C=O) groups excluding carboxylic acids is 1. The molecule has 7 heteroatoms. The highest BCUT2D eigenvalue weighted by Gasteiger charge is 2.14. The van der Waals surface area contributed by atoms with Crippen molar-refractivity contribution in [1.29, 1.82) is 0 Å². The number of carbonyl (C=O) groups is 1. The van der Waals surface area contributed by atoms with Gasteiger partial charge in [0.2, 0.25) is 5.89 Å². The van der Waals surface area contributed by atoms with Crippen LogP contribution in [-0.4, -0.2) is 18.0 Å². The summed E-state index contributed by atoms with van der Waals surface area (Å²) in [6, 6.07) is 17.2. The lowest BCUT2D eigenvalue weighted by molar-refractivity contribution is 0.102. The number of nitrogens with zero attached hydrogens (tertiary/aromatic N) is 1. The highest BCUT2D eigenvalue weighted by atomic mass is 35.5. The number of methoxy groups -OCH3 is 1. The number of halogens is 2. The molecule has 1 N–H and O–H groups in total. The molecule has 0 bridgehead atoms. The van der Waals surface area contributed by atoms with Gasteiger partial charge in [0.05, 0.1) is 17.7 Å². The van der Waals surface area contributed by atoms with Gasteiger partial charge in [-0.2, -0.15) is 0 Å². The van der Waals surface area contributed by atoms with Crippen LogP contribution in [0, 0.1) is 0 Å². The lowest BCUT2D eigenvalue weighted by Gasteiger charge is -2.08. The van der Waals surface area contributed by atoms with E-state index in [1.54, 1.807) is 67.8 Å². The quantitative estimate of drug-likeness (QED) is 0.442. The van der Waals surface area contributed by atoms with Crippen LogP contribution >= 0.6 is 23.2 Å². The van der Waals surface area contributed by atoms with E-state index in [1.807, 2.05) is 0 Å². The van der Waals surface area contributed by atoms with E-state index in [1.165, 1.54) is 0 Å². The van der Waals surface area contributed by atoms with Crippen molar-refractivity contribution in [3.05, 3.63) is 76.3 Å². The van der Waals surface area contributed by atoms with Gasteiger partial charge in [-0.25, -0.2) is 4.98 Å². The number of benzene rings is 3. The largest absolute Gasteiger partial charge is 0.497 e. The van der Waals surface area contributed by atoms with Crippen molar-refractivity contribution in [2.75, 3.05) is 12.4 Å². The molecule has 0 spiro atoms. The number of anilines is 1. The molecule has 0 unspecified atom stereocenters. The third kappa shape index (κ3) is 3.67. The third-order valence-corrected chi connectivity index (χ3v) is 4.70. The van der Waals surface area contributed by atoms with E-state index in [0.717, 1.165) is 0 Å². The van der Waals surface area contributed by atoms with Crippen molar-refractivity contribution >= 4 is 45.9 Å². The van der Waals surface area contributed by atoms with Crippen molar-refractivity contribution in [2.24, 2.45) is 0 Å². The highest BCUT2D eigenvalue weighted by molar-refractivity contribution is 6.33. The van der Waals surface area contributed by atoms with Crippen molar-refractivity contribution in [2.45, 2.75) is 0 Å². The Hall–Kier alpha value is -3.02. The number of aromatic nitrogens is 1. The number of ether oxygens (including phenoxy) is 1.